The molecule has 208 valence electrons. The van der Waals surface area contributed by atoms with E-state index in [1.165, 1.54) is 0 Å². The van der Waals surface area contributed by atoms with E-state index >= 15 is 0 Å². The van der Waals surface area contributed by atoms with Crippen LogP contribution in [0.3, 0.4) is 0 Å². The maximum Gasteiger partial charge on any atom is 0.311 e. The van der Waals surface area contributed by atoms with Crippen molar-refractivity contribution >= 4 is 35.0 Å². The second kappa shape index (κ2) is 12.2. The normalized spacial score (nSPS) is 17.6. The summed E-state index contributed by atoms with van der Waals surface area (Å²) >= 11 is 11.8. The first-order valence-corrected chi connectivity index (χ1v) is 13.9. The zero-order valence-electron chi connectivity index (χ0n) is 22.5. The number of ether oxygens (including phenoxy) is 3. The molecule has 0 aromatic heterocycles. The summed E-state index contributed by atoms with van der Waals surface area (Å²) in [5.41, 5.74) is 0.398. The number of carbonyl (C=O) groups excluding carboxylic acids is 2. The molecule has 0 bridgehead atoms. The van der Waals surface area contributed by atoms with Crippen LogP contribution in [0.1, 0.15) is 35.9 Å². The van der Waals surface area contributed by atoms with Gasteiger partial charge in [-0.05, 0) is 65.9 Å². The summed E-state index contributed by atoms with van der Waals surface area (Å²) in [4.78, 5) is 27.5. The molecular formula is C34H28Cl2O5. The Hall–Kier alpha value is -4.06. The van der Waals surface area contributed by atoms with Gasteiger partial charge >= 0.3 is 5.97 Å². The number of allylic oxidation sites excluding steroid dienone is 1. The summed E-state index contributed by atoms with van der Waals surface area (Å²) in [5, 5.41) is 0. The molecule has 4 aromatic carbocycles. The van der Waals surface area contributed by atoms with E-state index in [1.54, 1.807) is 54.6 Å². The number of halogens is 2. The predicted octanol–water partition coefficient (Wildman–Crippen LogP) is 9.33. The van der Waals surface area contributed by atoms with E-state index in [0.29, 0.717) is 34.1 Å². The second-order valence-corrected chi connectivity index (χ2v) is 11.4. The van der Waals surface area contributed by atoms with Gasteiger partial charge in [-0.2, -0.15) is 0 Å². The van der Waals surface area contributed by atoms with Crippen molar-refractivity contribution in [1.82, 2.24) is 0 Å². The van der Waals surface area contributed by atoms with Gasteiger partial charge in [0.1, 0.15) is 27.5 Å². The summed E-state index contributed by atoms with van der Waals surface area (Å²) in [6.45, 7) is 3.87. The van der Waals surface area contributed by atoms with Crippen molar-refractivity contribution in [2.45, 2.75) is 20.0 Å². The topological polar surface area (TPSA) is 61.8 Å². The van der Waals surface area contributed by atoms with E-state index < -0.39 is 29.2 Å². The molecule has 0 unspecified atom stereocenters. The lowest BCUT2D eigenvalue weighted by Crippen LogP contribution is -2.22. The van der Waals surface area contributed by atoms with Crippen LogP contribution in [-0.4, -0.2) is 11.8 Å². The Morgan fingerprint density at radius 3 is 1.85 bits per heavy atom. The highest BCUT2D eigenvalue weighted by atomic mass is 35.5. The highest BCUT2D eigenvalue weighted by molar-refractivity contribution is 6.55. The molecule has 5 rings (SSSR count). The molecule has 0 aliphatic heterocycles. The predicted molar refractivity (Wildman–Crippen MR) is 160 cm³/mol. The van der Waals surface area contributed by atoms with Gasteiger partial charge in [0.25, 0.3) is 0 Å². The van der Waals surface area contributed by atoms with Crippen molar-refractivity contribution < 1.29 is 23.8 Å². The van der Waals surface area contributed by atoms with Crippen molar-refractivity contribution in [3.8, 4) is 23.0 Å². The summed E-state index contributed by atoms with van der Waals surface area (Å²) in [6, 6.07) is 32.4. The fourth-order valence-electron chi connectivity index (χ4n) is 4.89. The van der Waals surface area contributed by atoms with Gasteiger partial charge in [-0.25, -0.2) is 0 Å². The molecule has 0 N–H and O–H groups in total. The minimum Gasteiger partial charge on any atom is -0.457 e. The third-order valence-corrected chi connectivity index (χ3v) is 7.43. The number of carbonyl (C=O) groups is 2. The van der Waals surface area contributed by atoms with E-state index in [-0.39, 0.29) is 10.4 Å². The van der Waals surface area contributed by atoms with Crippen LogP contribution in [0.25, 0.3) is 0 Å². The van der Waals surface area contributed by atoms with Crippen LogP contribution in [0.15, 0.2) is 120 Å². The maximum absolute atomic E-state index is 14.0. The Morgan fingerprint density at radius 1 is 0.732 bits per heavy atom. The minimum absolute atomic E-state index is 0.0898. The standard InChI is InChI=1S/C34H28Cl2O5/c1-34(2)28(21-29(35)36)30(34)33(38)41-32(23-12-10-18-27(20-23)40-25-15-7-4-8-16-25)31(37)22-11-9-17-26(19-22)39-24-13-5-3-6-14-24/h3-21,28,30,32H,1-2H3/t28-,30+,32+/m0/s1. The largest absolute Gasteiger partial charge is 0.457 e. The molecule has 7 heteroatoms. The molecule has 3 atom stereocenters. The third kappa shape index (κ3) is 6.82. The maximum atomic E-state index is 14.0. The number of ketones is 1. The van der Waals surface area contributed by atoms with Gasteiger partial charge in [0, 0.05) is 11.1 Å². The zero-order chi connectivity index (χ0) is 29.0. The van der Waals surface area contributed by atoms with Gasteiger partial charge in [0.15, 0.2) is 6.10 Å². The Balaban J connectivity index is 1.45. The lowest BCUT2D eigenvalue weighted by molar-refractivity contribution is -0.150. The van der Waals surface area contributed by atoms with E-state index in [1.807, 2.05) is 74.5 Å². The summed E-state index contributed by atoms with van der Waals surface area (Å²) < 4.78 is 18.0. The van der Waals surface area contributed by atoms with Crippen molar-refractivity contribution in [3.05, 3.63) is 131 Å². The number of Topliss-reactive ketones (excluding diaryl/α,β-unsaturated/α-hetero) is 1. The Kier molecular flexibility index (Phi) is 8.48. The molecule has 0 amide bonds. The van der Waals surface area contributed by atoms with Crippen molar-refractivity contribution in [2.24, 2.45) is 17.3 Å². The van der Waals surface area contributed by atoms with Crippen molar-refractivity contribution in [2.75, 3.05) is 0 Å². The first-order valence-electron chi connectivity index (χ1n) is 13.2. The van der Waals surface area contributed by atoms with Crippen LogP contribution in [0.5, 0.6) is 23.0 Å². The van der Waals surface area contributed by atoms with Crippen LogP contribution in [0.4, 0.5) is 0 Å². The number of rotatable bonds is 10. The first-order chi connectivity index (χ1) is 19.7. The molecular weight excluding hydrogens is 559 g/mol. The van der Waals surface area contributed by atoms with Gasteiger partial charge in [0.2, 0.25) is 5.78 Å². The molecule has 1 saturated carbocycles. The SMILES string of the molecule is CC1(C)[C@@H](C=C(Cl)Cl)[C@@H]1C(=O)O[C@@H](C(=O)c1cccc(Oc2ccccc2)c1)c1cccc(Oc2ccccc2)c1. The first kappa shape index (κ1) is 28.5. The molecule has 0 saturated heterocycles. The molecule has 0 spiro atoms. The Labute approximate surface area is 249 Å². The molecule has 0 radical (unpaired) electrons. The van der Waals surface area contributed by atoms with E-state index in [2.05, 4.69) is 0 Å². The monoisotopic (exact) mass is 586 g/mol. The fraction of sp³-hybridized carbons (Fsp3) is 0.176. The zero-order valence-corrected chi connectivity index (χ0v) is 24.0. The molecule has 4 aromatic rings. The molecule has 1 aliphatic carbocycles. The third-order valence-electron chi connectivity index (χ3n) is 7.18. The van der Waals surface area contributed by atoms with Gasteiger partial charge in [-0.3, -0.25) is 9.59 Å². The van der Waals surface area contributed by atoms with E-state index in [0.717, 1.165) is 0 Å². The van der Waals surface area contributed by atoms with Gasteiger partial charge in [0.05, 0.1) is 5.92 Å². The fourth-order valence-corrected chi connectivity index (χ4v) is 5.16. The number of hydrogen-bond donors (Lipinski definition) is 0. The second-order valence-electron chi connectivity index (χ2n) is 10.4. The van der Waals surface area contributed by atoms with Crippen LogP contribution in [-0.2, 0) is 9.53 Å². The van der Waals surface area contributed by atoms with Crippen LogP contribution >= 0.6 is 23.2 Å². The Morgan fingerprint density at radius 2 is 1.27 bits per heavy atom. The number of esters is 1. The summed E-state index contributed by atoms with van der Waals surface area (Å²) in [6.07, 6.45) is 0.422. The highest BCUT2D eigenvalue weighted by Gasteiger charge is 2.62. The van der Waals surface area contributed by atoms with Crippen molar-refractivity contribution in [3.63, 3.8) is 0 Å². The van der Waals surface area contributed by atoms with Crippen molar-refractivity contribution in [1.29, 1.82) is 0 Å². The number of benzene rings is 4. The summed E-state index contributed by atoms with van der Waals surface area (Å²) in [5.74, 6) is 0.669. The van der Waals surface area contributed by atoms with Gasteiger partial charge < -0.3 is 14.2 Å². The Bertz CT molecular complexity index is 1560. The average Bonchev–Trinajstić information content (AvgIpc) is 3.51. The minimum atomic E-state index is -1.22. The van der Waals surface area contributed by atoms with Crippen LogP contribution in [0, 0.1) is 17.3 Å². The van der Waals surface area contributed by atoms with Crippen LogP contribution < -0.4 is 9.47 Å². The molecule has 1 aliphatic rings. The van der Waals surface area contributed by atoms with E-state index in [4.69, 9.17) is 37.4 Å². The average molecular weight is 587 g/mol. The summed E-state index contributed by atoms with van der Waals surface area (Å²) in [7, 11) is 0. The molecule has 5 nitrogen and oxygen atoms in total. The number of para-hydroxylation sites is 2. The lowest BCUT2D eigenvalue weighted by Gasteiger charge is -2.19. The van der Waals surface area contributed by atoms with Crippen LogP contribution in [0.2, 0.25) is 0 Å². The highest BCUT2D eigenvalue weighted by Crippen LogP contribution is 2.60. The van der Waals surface area contributed by atoms with E-state index in [9.17, 15) is 9.59 Å². The quantitative estimate of drug-likeness (QED) is 0.137. The van der Waals surface area contributed by atoms with Gasteiger partial charge in [-0.15, -0.1) is 0 Å². The lowest BCUT2D eigenvalue weighted by atomic mass is 9.99. The van der Waals surface area contributed by atoms with Gasteiger partial charge in [-0.1, -0.05) is 97.7 Å². The molecule has 1 fully saturated rings. The smallest absolute Gasteiger partial charge is 0.311 e. The number of hydrogen-bond acceptors (Lipinski definition) is 5. The molecule has 0 heterocycles. The molecule has 41 heavy (non-hydrogen) atoms.